The lowest BCUT2D eigenvalue weighted by Crippen LogP contribution is -2.14. The lowest BCUT2D eigenvalue weighted by Gasteiger charge is -2.44. The molecule has 1 saturated carbocycles. The van der Waals surface area contributed by atoms with Crippen LogP contribution in [0.5, 0.6) is 0 Å². The molecule has 0 aliphatic heterocycles. The fourth-order valence-electron chi connectivity index (χ4n) is 2.24. The minimum atomic E-state index is -9.32. The van der Waals surface area contributed by atoms with Gasteiger partial charge in [-0.05, 0) is 31.1 Å². The summed E-state index contributed by atoms with van der Waals surface area (Å²) in [6.45, 7) is 0. The molecule has 0 amide bonds. The number of fused-ring (bicyclic) bond motifs is 2. The van der Waals surface area contributed by atoms with Crippen molar-refractivity contribution in [2.75, 3.05) is 0 Å². The van der Waals surface area contributed by atoms with Crippen LogP contribution < -0.4 is 0 Å². The van der Waals surface area contributed by atoms with Gasteiger partial charge in [0.15, 0.2) is 0 Å². The van der Waals surface area contributed by atoms with Gasteiger partial charge in [0.1, 0.15) is 0 Å². The number of hydrogen-bond donors (Lipinski definition) is 0. The fraction of sp³-hybridized carbons (Fsp3) is 0.714. The number of rotatable bonds is 1. The Labute approximate surface area is 72.5 Å². The Hall–Kier alpha value is -0.260. The van der Waals surface area contributed by atoms with Gasteiger partial charge in [-0.25, -0.2) is 0 Å². The summed E-state index contributed by atoms with van der Waals surface area (Å²) in [4.78, 5) is -1.50. The predicted octanol–water partition coefficient (Wildman–Crippen LogP) is 4.60. The molecule has 2 aliphatic rings. The normalized spacial score (nSPS) is 38.4. The van der Waals surface area contributed by atoms with Gasteiger partial charge in [-0.2, -0.15) is 0 Å². The van der Waals surface area contributed by atoms with Gasteiger partial charge in [0, 0.05) is 0 Å². The SMILES string of the molecule is FS(F)(F)(F)(F)C1=CC2CCC1C2. The highest BCUT2D eigenvalue weighted by Crippen LogP contribution is 3.03. The molecule has 0 heterocycles. The molecule has 2 aliphatic carbocycles. The van der Waals surface area contributed by atoms with E-state index in [-0.39, 0.29) is 18.8 Å². The minimum Gasteiger partial charge on any atom is -0.0939 e. The second kappa shape index (κ2) is 1.76. The Morgan fingerprint density at radius 2 is 1.69 bits per heavy atom. The summed E-state index contributed by atoms with van der Waals surface area (Å²) in [7, 11) is -9.32. The average molecular weight is 220 g/mol. The van der Waals surface area contributed by atoms with E-state index in [4.69, 9.17) is 0 Å². The Balaban J connectivity index is 2.45. The summed E-state index contributed by atoms with van der Waals surface area (Å²) in [5.41, 5.74) is 0. The fourth-order valence-corrected chi connectivity index (χ4v) is 3.53. The van der Waals surface area contributed by atoms with Crippen LogP contribution in [0.25, 0.3) is 0 Å². The van der Waals surface area contributed by atoms with E-state index in [2.05, 4.69) is 0 Å². The summed E-state index contributed by atoms with van der Waals surface area (Å²) in [6, 6.07) is 0. The van der Waals surface area contributed by atoms with Gasteiger partial charge in [-0.1, -0.05) is 25.5 Å². The van der Waals surface area contributed by atoms with Crippen molar-refractivity contribution in [3.8, 4) is 0 Å². The third-order valence-corrected chi connectivity index (χ3v) is 4.08. The average Bonchev–Trinajstić information content (AvgIpc) is 2.38. The van der Waals surface area contributed by atoms with Crippen LogP contribution in [0.1, 0.15) is 19.3 Å². The lowest BCUT2D eigenvalue weighted by atomic mass is 10.1. The van der Waals surface area contributed by atoms with Crippen LogP contribution in [0.3, 0.4) is 0 Å². The monoisotopic (exact) mass is 220 g/mol. The van der Waals surface area contributed by atoms with E-state index in [0.717, 1.165) is 6.08 Å². The van der Waals surface area contributed by atoms with Crippen molar-refractivity contribution in [1.82, 2.24) is 0 Å². The van der Waals surface area contributed by atoms with Crippen molar-refractivity contribution in [3.63, 3.8) is 0 Å². The molecule has 2 rings (SSSR count). The molecule has 1 fully saturated rings. The van der Waals surface area contributed by atoms with E-state index < -0.39 is 21.0 Å². The number of halogens is 5. The Bertz CT molecular complexity index is 286. The van der Waals surface area contributed by atoms with Crippen molar-refractivity contribution < 1.29 is 19.4 Å². The van der Waals surface area contributed by atoms with Crippen molar-refractivity contribution in [2.24, 2.45) is 11.8 Å². The lowest BCUT2D eigenvalue weighted by molar-refractivity contribution is 0.368. The topological polar surface area (TPSA) is 0 Å². The molecule has 13 heavy (non-hydrogen) atoms. The van der Waals surface area contributed by atoms with Crippen molar-refractivity contribution in [2.45, 2.75) is 19.3 Å². The molecule has 0 spiro atoms. The molecule has 2 unspecified atom stereocenters. The number of allylic oxidation sites excluding steroid dienone is 2. The summed E-state index contributed by atoms with van der Waals surface area (Å²) in [5.74, 6) is -1.19. The summed E-state index contributed by atoms with van der Waals surface area (Å²) < 4.78 is 61.5. The van der Waals surface area contributed by atoms with E-state index in [0.29, 0.717) is 6.42 Å². The Kier molecular flexibility index (Phi) is 1.26. The van der Waals surface area contributed by atoms with E-state index >= 15 is 0 Å². The molecule has 0 aromatic carbocycles. The third-order valence-electron chi connectivity index (χ3n) is 2.72. The maximum atomic E-state index is 12.3. The van der Waals surface area contributed by atoms with E-state index in [1.54, 1.807) is 0 Å². The highest BCUT2D eigenvalue weighted by molar-refractivity contribution is 8.48. The van der Waals surface area contributed by atoms with Gasteiger partial charge in [0.05, 0.1) is 4.91 Å². The quantitative estimate of drug-likeness (QED) is 0.566. The summed E-state index contributed by atoms with van der Waals surface area (Å²) in [5, 5.41) is 0. The summed E-state index contributed by atoms with van der Waals surface area (Å²) in [6.07, 6.45) is 1.90. The van der Waals surface area contributed by atoms with Crippen LogP contribution in [0, 0.1) is 11.8 Å². The maximum absolute atomic E-state index is 12.3. The number of hydrogen-bond acceptors (Lipinski definition) is 0. The molecule has 6 heteroatoms. The maximum Gasteiger partial charge on any atom is 0.306 e. The molecular weight excluding hydrogens is 211 g/mol. The van der Waals surface area contributed by atoms with E-state index in [1.165, 1.54) is 0 Å². The second-order valence-electron chi connectivity index (χ2n) is 3.81. The van der Waals surface area contributed by atoms with Crippen molar-refractivity contribution in [3.05, 3.63) is 11.0 Å². The zero-order valence-electron chi connectivity index (χ0n) is 6.65. The van der Waals surface area contributed by atoms with Crippen molar-refractivity contribution in [1.29, 1.82) is 0 Å². The molecule has 0 N–H and O–H groups in total. The zero-order chi connectivity index (χ0) is 9.97. The van der Waals surface area contributed by atoms with E-state index in [1.807, 2.05) is 0 Å². The van der Waals surface area contributed by atoms with Gasteiger partial charge >= 0.3 is 10.2 Å². The first-order chi connectivity index (χ1) is 5.56. The largest absolute Gasteiger partial charge is 0.306 e. The Morgan fingerprint density at radius 1 is 1.08 bits per heavy atom. The molecular formula is C7H9F5S. The molecule has 2 atom stereocenters. The first-order valence-corrected chi connectivity index (χ1v) is 5.97. The van der Waals surface area contributed by atoms with E-state index in [9.17, 15) is 19.4 Å². The van der Waals surface area contributed by atoms with Gasteiger partial charge in [-0.3, -0.25) is 0 Å². The molecule has 0 nitrogen and oxygen atoms in total. The van der Waals surface area contributed by atoms with Crippen LogP contribution in [-0.2, 0) is 0 Å². The van der Waals surface area contributed by atoms with Crippen molar-refractivity contribution >= 4 is 10.2 Å². The molecule has 78 valence electrons. The van der Waals surface area contributed by atoms with Crippen LogP contribution in [0.4, 0.5) is 19.4 Å². The Morgan fingerprint density at radius 3 is 1.92 bits per heavy atom. The van der Waals surface area contributed by atoms with Gasteiger partial charge in [0.2, 0.25) is 0 Å². The van der Waals surface area contributed by atoms with Crippen LogP contribution in [0.2, 0.25) is 0 Å². The van der Waals surface area contributed by atoms with Crippen LogP contribution in [-0.4, -0.2) is 0 Å². The second-order valence-corrected chi connectivity index (χ2v) is 6.22. The predicted molar refractivity (Wildman–Crippen MR) is 42.0 cm³/mol. The molecule has 0 saturated heterocycles. The van der Waals surface area contributed by atoms with Crippen LogP contribution in [0.15, 0.2) is 11.0 Å². The summed E-state index contributed by atoms with van der Waals surface area (Å²) >= 11 is 0. The molecule has 0 radical (unpaired) electrons. The zero-order valence-corrected chi connectivity index (χ0v) is 7.47. The molecule has 2 bridgehead atoms. The van der Waals surface area contributed by atoms with Gasteiger partial charge in [0.25, 0.3) is 0 Å². The van der Waals surface area contributed by atoms with Gasteiger partial charge in [-0.15, -0.1) is 0 Å². The smallest absolute Gasteiger partial charge is 0.0939 e. The molecule has 0 aromatic heterocycles. The highest BCUT2D eigenvalue weighted by Gasteiger charge is 2.70. The first-order valence-electron chi connectivity index (χ1n) is 4.02. The minimum absolute atomic E-state index is 0.260. The third kappa shape index (κ3) is 1.56. The van der Waals surface area contributed by atoms with Crippen LogP contribution >= 0.6 is 10.2 Å². The first kappa shape index (κ1) is 9.30. The highest BCUT2D eigenvalue weighted by atomic mass is 32.5. The molecule has 0 aromatic rings. The van der Waals surface area contributed by atoms with Gasteiger partial charge < -0.3 is 0 Å². The standard InChI is InChI=1S/C7H9F5S/c8-13(9,10,11,12)7-4-5-1-2-6(7)3-5/h4-6H,1-3H2.